The molecular weight excluding hydrogens is 576 g/mol. The minimum atomic E-state index is -1.75. The number of hydrogen-bond acceptors (Lipinski definition) is 9. The van der Waals surface area contributed by atoms with E-state index in [0.717, 1.165) is 16.8 Å². The third-order valence-electron chi connectivity index (χ3n) is 10.1. The third-order valence-corrected chi connectivity index (χ3v) is 10.1. The van der Waals surface area contributed by atoms with Gasteiger partial charge in [0.05, 0.1) is 41.0 Å². The first-order valence-electron chi connectivity index (χ1n) is 15.3. The number of ether oxygens (including phenoxy) is 2. The van der Waals surface area contributed by atoms with Gasteiger partial charge in [-0.3, -0.25) is 9.78 Å². The van der Waals surface area contributed by atoms with Gasteiger partial charge < -0.3 is 29.7 Å². The number of carbonyl (C=O) groups excluding carboxylic acids is 3. The summed E-state index contributed by atoms with van der Waals surface area (Å²) in [5.74, 6) is -2.44. The van der Waals surface area contributed by atoms with Crippen LogP contribution in [-0.2, 0) is 25.5 Å². The SMILES string of the molecule is CCC1=C(C)c2cc3[nH]c(c4c5[nH]c(cc6nc(cc1n2)[C@@](C)(O)[C@@]6(O)CC)c(C)c5C(=O)OC4=O)[C@@H](CCC(=O)OC)[C@@H]3C. The number of aryl methyl sites for hydroxylation is 1. The number of methoxy groups -OCH3 is 1. The summed E-state index contributed by atoms with van der Waals surface area (Å²) in [5.41, 5.74) is 3.15. The van der Waals surface area contributed by atoms with Crippen molar-refractivity contribution in [1.82, 2.24) is 19.9 Å². The van der Waals surface area contributed by atoms with Crippen molar-refractivity contribution in [1.29, 1.82) is 0 Å². The molecule has 0 saturated heterocycles. The van der Waals surface area contributed by atoms with Crippen molar-refractivity contribution in [2.75, 3.05) is 7.11 Å². The van der Waals surface area contributed by atoms with E-state index in [1.165, 1.54) is 14.0 Å². The number of aromatic amines is 2. The third kappa shape index (κ3) is 4.43. The molecule has 0 unspecified atom stereocenters. The number of aliphatic hydroxyl groups is 2. The monoisotopic (exact) mass is 614 g/mol. The molecule has 0 aliphatic carbocycles. The lowest BCUT2D eigenvalue weighted by molar-refractivity contribution is -0.149. The number of allylic oxidation sites excluding steroid dienone is 2. The van der Waals surface area contributed by atoms with Crippen LogP contribution in [0.5, 0.6) is 0 Å². The number of nitrogens with zero attached hydrogens (tertiary/aromatic N) is 2. The van der Waals surface area contributed by atoms with Gasteiger partial charge in [0.25, 0.3) is 0 Å². The number of fused-ring (bicyclic) bond motifs is 8. The van der Waals surface area contributed by atoms with E-state index in [2.05, 4.69) is 9.97 Å². The van der Waals surface area contributed by atoms with E-state index in [9.17, 15) is 24.6 Å². The number of aromatic nitrogens is 4. The van der Waals surface area contributed by atoms with E-state index < -0.39 is 23.1 Å². The summed E-state index contributed by atoms with van der Waals surface area (Å²) in [4.78, 5) is 55.2. The van der Waals surface area contributed by atoms with Crippen LogP contribution >= 0.6 is 0 Å². The summed E-state index contributed by atoms with van der Waals surface area (Å²) in [7, 11) is 1.34. The number of cyclic esters (lactones) is 2. The molecule has 0 fully saturated rings. The summed E-state index contributed by atoms with van der Waals surface area (Å²) in [6.45, 7) is 11.1. The number of carbonyl (C=O) groups is 3. The summed E-state index contributed by atoms with van der Waals surface area (Å²) >= 11 is 0. The van der Waals surface area contributed by atoms with Crippen LogP contribution in [0, 0.1) is 6.92 Å². The highest BCUT2D eigenvalue weighted by atomic mass is 16.6. The van der Waals surface area contributed by atoms with Gasteiger partial charge >= 0.3 is 17.9 Å². The Morgan fingerprint density at radius 1 is 1.02 bits per heavy atom. The summed E-state index contributed by atoms with van der Waals surface area (Å²) < 4.78 is 10.2. The van der Waals surface area contributed by atoms with Gasteiger partial charge in [0.2, 0.25) is 0 Å². The average Bonchev–Trinajstić information content (AvgIpc) is 3.64. The van der Waals surface area contributed by atoms with Crippen molar-refractivity contribution in [3.8, 4) is 0 Å². The molecule has 11 heteroatoms. The molecule has 4 aliphatic rings. The molecule has 8 bridgehead atoms. The predicted molar refractivity (Wildman–Crippen MR) is 166 cm³/mol. The fourth-order valence-electron chi connectivity index (χ4n) is 7.14. The zero-order chi connectivity index (χ0) is 32.6. The van der Waals surface area contributed by atoms with Crippen LogP contribution in [0.25, 0.3) is 22.2 Å². The maximum atomic E-state index is 13.5. The Morgan fingerprint density at radius 3 is 2.40 bits per heavy atom. The first-order chi connectivity index (χ1) is 21.3. The van der Waals surface area contributed by atoms with Crippen molar-refractivity contribution >= 4 is 40.1 Å². The number of nitrogens with one attached hydrogen (secondary N) is 2. The van der Waals surface area contributed by atoms with Crippen LogP contribution in [0.2, 0.25) is 0 Å². The van der Waals surface area contributed by atoms with Gasteiger partial charge in [-0.2, -0.15) is 0 Å². The smallest absolute Gasteiger partial charge is 0.349 e. The number of hydrogen-bond donors (Lipinski definition) is 4. The summed E-state index contributed by atoms with van der Waals surface area (Å²) in [6, 6.07) is 5.28. The minimum Gasteiger partial charge on any atom is -0.469 e. The number of H-pyrrole nitrogens is 2. The van der Waals surface area contributed by atoms with E-state index >= 15 is 0 Å². The average molecular weight is 615 g/mol. The zero-order valence-corrected chi connectivity index (χ0v) is 26.5. The Kier molecular flexibility index (Phi) is 7.24. The highest BCUT2D eigenvalue weighted by Crippen LogP contribution is 2.48. The first kappa shape index (κ1) is 30.7. The number of rotatable bonds is 5. The van der Waals surface area contributed by atoms with Gasteiger partial charge in [0.1, 0.15) is 16.8 Å². The molecule has 0 saturated carbocycles. The normalized spacial score (nSPS) is 24.9. The second kappa shape index (κ2) is 10.6. The van der Waals surface area contributed by atoms with Crippen molar-refractivity contribution in [3.05, 3.63) is 69.1 Å². The van der Waals surface area contributed by atoms with Crippen LogP contribution < -0.4 is 0 Å². The van der Waals surface area contributed by atoms with Gasteiger partial charge in [0.15, 0.2) is 0 Å². The molecule has 0 aromatic carbocycles. The summed E-state index contributed by atoms with van der Waals surface area (Å²) in [5, 5.41) is 23.7. The largest absolute Gasteiger partial charge is 0.469 e. The van der Waals surface area contributed by atoms with Crippen molar-refractivity contribution in [2.24, 2.45) is 0 Å². The fraction of sp³-hybridized carbons (Fsp3) is 0.441. The van der Waals surface area contributed by atoms with E-state index in [0.29, 0.717) is 41.0 Å². The molecule has 2 aromatic rings. The van der Waals surface area contributed by atoms with Crippen LogP contribution in [-0.4, -0.2) is 55.2 Å². The van der Waals surface area contributed by atoms with Crippen LogP contribution in [0.15, 0.2) is 18.2 Å². The van der Waals surface area contributed by atoms with E-state index in [1.54, 1.807) is 26.0 Å². The molecule has 4 aliphatic heterocycles. The minimum absolute atomic E-state index is 0.127. The lowest BCUT2D eigenvalue weighted by atomic mass is 9.80. The topological polar surface area (TPSA) is 167 Å². The quantitative estimate of drug-likeness (QED) is 0.257. The predicted octanol–water partition coefficient (Wildman–Crippen LogP) is 5.34. The lowest BCUT2D eigenvalue weighted by Crippen LogP contribution is -2.43. The highest BCUT2D eigenvalue weighted by Gasteiger charge is 2.53. The Hall–Kier alpha value is -4.35. The molecule has 4 N–H and O–H groups in total. The second-order valence-corrected chi connectivity index (χ2v) is 12.4. The van der Waals surface area contributed by atoms with Gasteiger partial charge in [-0.15, -0.1) is 0 Å². The Bertz CT molecular complexity index is 1900. The van der Waals surface area contributed by atoms with E-state index in [4.69, 9.17) is 19.4 Å². The molecule has 45 heavy (non-hydrogen) atoms. The molecule has 236 valence electrons. The van der Waals surface area contributed by atoms with Crippen LogP contribution in [0.1, 0.15) is 133 Å². The zero-order valence-electron chi connectivity index (χ0n) is 26.5. The maximum Gasteiger partial charge on any atom is 0.349 e. The second-order valence-electron chi connectivity index (χ2n) is 12.4. The van der Waals surface area contributed by atoms with Crippen molar-refractivity contribution < 1.29 is 34.1 Å². The molecular formula is C34H38N4O7. The van der Waals surface area contributed by atoms with Gasteiger partial charge in [-0.25, -0.2) is 14.6 Å². The maximum absolute atomic E-state index is 13.5. The van der Waals surface area contributed by atoms with Gasteiger partial charge in [-0.05, 0) is 74.9 Å². The molecule has 6 rings (SSSR count). The molecule has 0 spiro atoms. The fourth-order valence-corrected chi connectivity index (χ4v) is 7.14. The Labute approximate surface area is 260 Å². The molecule has 6 heterocycles. The van der Waals surface area contributed by atoms with Crippen LogP contribution in [0.4, 0.5) is 0 Å². The van der Waals surface area contributed by atoms with Crippen LogP contribution in [0.3, 0.4) is 0 Å². The molecule has 0 radical (unpaired) electrons. The lowest BCUT2D eigenvalue weighted by Gasteiger charge is -2.34. The Balaban J connectivity index is 1.79. The highest BCUT2D eigenvalue weighted by molar-refractivity contribution is 6.18. The molecule has 4 atom stereocenters. The standard InChI is InChI=1S/C34H38N4O7/c1-8-18-15(3)20-12-21-16(4)19(10-11-26(39)44-7)29(36-21)28-30-27(31(40)45-32(28)41)17(5)22(37-30)13-25-34(43,9-2)33(6,42)24(38-25)14-23(18)35-20/h12-14,16,19,36-37,42-43H,8-11H2,1-7H3/t16-,19-,33+,34+/m0/s1. The summed E-state index contributed by atoms with van der Waals surface area (Å²) in [6.07, 6.45) is 1.34. The number of esters is 3. The molecule has 2 aromatic heterocycles. The Morgan fingerprint density at radius 2 is 1.73 bits per heavy atom. The van der Waals surface area contributed by atoms with E-state index in [1.807, 2.05) is 26.8 Å². The van der Waals surface area contributed by atoms with Gasteiger partial charge in [-0.1, -0.05) is 20.8 Å². The van der Waals surface area contributed by atoms with Crippen molar-refractivity contribution in [2.45, 2.75) is 90.3 Å². The molecule has 11 nitrogen and oxygen atoms in total. The first-order valence-corrected chi connectivity index (χ1v) is 15.3. The van der Waals surface area contributed by atoms with Gasteiger partial charge in [0, 0.05) is 35.2 Å². The van der Waals surface area contributed by atoms with Crippen molar-refractivity contribution in [3.63, 3.8) is 0 Å². The van der Waals surface area contributed by atoms with E-state index in [-0.39, 0.29) is 58.7 Å². The molecule has 0 amide bonds.